The number of aromatic nitrogens is 1. The minimum atomic E-state index is 0.720. The van der Waals surface area contributed by atoms with Gasteiger partial charge in [-0.2, -0.15) is 0 Å². The maximum atomic E-state index is 3.67. The Balaban J connectivity index is 1.86. The number of aromatic amines is 1. The molecule has 96 valence electrons. The van der Waals surface area contributed by atoms with Gasteiger partial charge in [0.15, 0.2) is 0 Å². The minimum Gasteiger partial charge on any atom is -0.362 e. The third-order valence-corrected chi connectivity index (χ3v) is 4.16. The first-order valence-electron chi connectivity index (χ1n) is 7.52. The molecule has 0 saturated carbocycles. The van der Waals surface area contributed by atoms with E-state index in [1.54, 1.807) is 5.56 Å². The van der Waals surface area contributed by atoms with E-state index in [1.807, 2.05) is 0 Å². The van der Waals surface area contributed by atoms with Gasteiger partial charge in [-0.15, -0.1) is 0 Å². The quantitative estimate of drug-likeness (QED) is 0.668. The highest BCUT2D eigenvalue weighted by Crippen LogP contribution is 2.27. The molecule has 0 amide bonds. The van der Waals surface area contributed by atoms with E-state index >= 15 is 0 Å². The molecular formula is C16H27N. The number of rotatable bonds is 6. The van der Waals surface area contributed by atoms with Crippen LogP contribution in [0.1, 0.15) is 81.7 Å². The number of aryl methyl sites for hydroxylation is 2. The molecule has 1 aromatic rings. The minimum absolute atomic E-state index is 0.720. The Morgan fingerprint density at radius 1 is 1.18 bits per heavy atom. The van der Waals surface area contributed by atoms with Gasteiger partial charge < -0.3 is 4.98 Å². The fourth-order valence-electron chi connectivity index (χ4n) is 2.93. The molecule has 0 fully saturated rings. The van der Waals surface area contributed by atoms with Gasteiger partial charge in [0.1, 0.15) is 0 Å². The maximum absolute atomic E-state index is 3.67. The second kappa shape index (κ2) is 6.28. The number of hydrogen-bond acceptors (Lipinski definition) is 0. The Hall–Kier alpha value is -0.720. The Morgan fingerprint density at radius 3 is 2.76 bits per heavy atom. The van der Waals surface area contributed by atoms with Crippen molar-refractivity contribution in [3.63, 3.8) is 0 Å². The van der Waals surface area contributed by atoms with Gasteiger partial charge in [-0.3, -0.25) is 0 Å². The smallest absolute Gasteiger partial charge is 0.0181 e. The molecule has 0 aliphatic heterocycles. The van der Waals surface area contributed by atoms with E-state index in [4.69, 9.17) is 0 Å². The van der Waals surface area contributed by atoms with Crippen LogP contribution in [-0.2, 0) is 12.8 Å². The standard InChI is InChI=1S/C16H27N/c1-3-4-5-6-9-13(2)16-12-14-10-7-8-11-15(14)17-16/h12-13,17H,3-11H2,1-2H3. The topological polar surface area (TPSA) is 15.8 Å². The first-order chi connectivity index (χ1) is 8.31. The predicted octanol–water partition coefficient (Wildman–Crippen LogP) is 4.97. The molecule has 1 aromatic heterocycles. The fraction of sp³-hybridized carbons (Fsp3) is 0.750. The van der Waals surface area contributed by atoms with Gasteiger partial charge in [-0.05, 0) is 49.7 Å². The SMILES string of the molecule is CCCCCCC(C)c1cc2c([nH]1)CCCC2. The molecule has 1 N–H and O–H groups in total. The molecule has 1 nitrogen and oxygen atoms in total. The lowest BCUT2D eigenvalue weighted by Gasteiger charge is -2.10. The van der Waals surface area contributed by atoms with Gasteiger partial charge in [0.05, 0.1) is 0 Å². The van der Waals surface area contributed by atoms with E-state index < -0.39 is 0 Å². The van der Waals surface area contributed by atoms with Gasteiger partial charge in [0.2, 0.25) is 0 Å². The zero-order valence-electron chi connectivity index (χ0n) is 11.5. The number of hydrogen-bond donors (Lipinski definition) is 1. The summed E-state index contributed by atoms with van der Waals surface area (Å²) in [6.07, 6.45) is 12.2. The third-order valence-electron chi connectivity index (χ3n) is 4.16. The van der Waals surface area contributed by atoms with Crippen molar-refractivity contribution in [3.8, 4) is 0 Å². The van der Waals surface area contributed by atoms with Gasteiger partial charge in [0.25, 0.3) is 0 Å². The second-order valence-electron chi connectivity index (χ2n) is 5.69. The number of nitrogens with one attached hydrogen (secondary N) is 1. The van der Waals surface area contributed by atoms with Gasteiger partial charge in [-0.1, -0.05) is 39.5 Å². The van der Waals surface area contributed by atoms with Crippen LogP contribution in [0.3, 0.4) is 0 Å². The summed E-state index contributed by atoms with van der Waals surface area (Å²) >= 11 is 0. The van der Waals surface area contributed by atoms with Crippen molar-refractivity contribution in [1.29, 1.82) is 0 Å². The molecule has 1 atom stereocenters. The van der Waals surface area contributed by atoms with E-state index in [0.29, 0.717) is 0 Å². The molecule has 0 aromatic carbocycles. The van der Waals surface area contributed by atoms with E-state index in [2.05, 4.69) is 24.9 Å². The van der Waals surface area contributed by atoms with E-state index in [1.165, 1.54) is 69.2 Å². The zero-order chi connectivity index (χ0) is 12.1. The van der Waals surface area contributed by atoms with Crippen LogP contribution in [0.25, 0.3) is 0 Å². The van der Waals surface area contributed by atoms with Crippen molar-refractivity contribution in [2.24, 2.45) is 0 Å². The summed E-state index contributed by atoms with van der Waals surface area (Å²) in [6, 6.07) is 2.44. The monoisotopic (exact) mass is 233 g/mol. The van der Waals surface area contributed by atoms with Crippen LogP contribution in [-0.4, -0.2) is 4.98 Å². The van der Waals surface area contributed by atoms with Crippen molar-refractivity contribution in [3.05, 3.63) is 23.0 Å². The Morgan fingerprint density at radius 2 is 2.00 bits per heavy atom. The Labute approximate surface area is 106 Å². The summed E-state index contributed by atoms with van der Waals surface area (Å²) in [5, 5.41) is 0. The second-order valence-corrected chi connectivity index (χ2v) is 5.69. The van der Waals surface area contributed by atoms with Crippen LogP contribution in [0.15, 0.2) is 6.07 Å². The van der Waals surface area contributed by atoms with Crippen LogP contribution in [0.4, 0.5) is 0 Å². The molecule has 17 heavy (non-hydrogen) atoms. The van der Waals surface area contributed by atoms with E-state index in [0.717, 1.165) is 5.92 Å². The fourth-order valence-corrected chi connectivity index (χ4v) is 2.93. The molecule has 0 spiro atoms. The maximum Gasteiger partial charge on any atom is 0.0181 e. The normalized spacial score (nSPS) is 16.8. The molecule has 0 radical (unpaired) electrons. The number of fused-ring (bicyclic) bond motifs is 1. The lowest BCUT2D eigenvalue weighted by Crippen LogP contribution is -1.99. The highest BCUT2D eigenvalue weighted by Gasteiger charge is 2.15. The van der Waals surface area contributed by atoms with Crippen LogP contribution >= 0.6 is 0 Å². The summed E-state index contributed by atoms with van der Waals surface area (Å²) in [7, 11) is 0. The summed E-state index contributed by atoms with van der Waals surface area (Å²) in [5.41, 5.74) is 4.63. The molecule has 1 aliphatic rings. The van der Waals surface area contributed by atoms with Crippen molar-refractivity contribution < 1.29 is 0 Å². The van der Waals surface area contributed by atoms with Gasteiger partial charge in [0, 0.05) is 11.4 Å². The Kier molecular flexibility index (Phi) is 4.70. The van der Waals surface area contributed by atoms with Crippen molar-refractivity contribution in [2.75, 3.05) is 0 Å². The highest BCUT2D eigenvalue weighted by atomic mass is 14.7. The van der Waals surface area contributed by atoms with Crippen LogP contribution < -0.4 is 0 Å². The van der Waals surface area contributed by atoms with Crippen LogP contribution in [0, 0.1) is 0 Å². The molecule has 0 saturated heterocycles. The summed E-state index contributed by atoms with van der Waals surface area (Å²) in [4.78, 5) is 3.67. The lowest BCUT2D eigenvalue weighted by molar-refractivity contribution is 0.572. The van der Waals surface area contributed by atoms with Crippen molar-refractivity contribution >= 4 is 0 Å². The van der Waals surface area contributed by atoms with Gasteiger partial charge >= 0.3 is 0 Å². The average Bonchev–Trinajstić information content (AvgIpc) is 2.78. The number of unbranched alkanes of at least 4 members (excludes halogenated alkanes) is 3. The molecule has 1 aliphatic carbocycles. The van der Waals surface area contributed by atoms with E-state index in [9.17, 15) is 0 Å². The van der Waals surface area contributed by atoms with Crippen molar-refractivity contribution in [1.82, 2.24) is 4.98 Å². The molecule has 1 unspecified atom stereocenters. The zero-order valence-corrected chi connectivity index (χ0v) is 11.5. The average molecular weight is 233 g/mol. The van der Waals surface area contributed by atoms with Crippen molar-refractivity contribution in [2.45, 2.75) is 77.6 Å². The summed E-state index contributed by atoms with van der Waals surface area (Å²) < 4.78 is 0. The van der Waals surface area contributed by atoms with Gasteiger partial charge in [-0.25, -0.2) is 0 Å². The van der Waals surface area contributed by atoms with Crippen LogP contribution in [0.2, 0.25) is 0 Å². The number of H-pyrrole nitrogens is 1. The first kappa shape index (κ1) is 12.7. The molecule has 2 rings (SSSR count). The lowest BCUT2D eigenvalue weighted by atomic mass is 9.96. The van der Waals surface area contributed by atoms with Crippen LogP contribution in [0.5, 0.6) is 0 Å². The molecule has 1 heterocycles. The predicted molar refractivity (Wildman–Crippen MR) is 74.6 cm³/mol. The largest absolute Gasteiger partial charge is 0.362 e. The summed E-state index contributed by atoms with van der Waals surface area (Å²) in [6.45, 7) is 4.66. The molecule has 1 heteroatoms. The van der Waals surface area contributed by atoms with E-state index in [-0.39, 0.29) is 0 Å². The first-order valence-corrected chi connectivity index (χ1v) is 7.52. The highest BCUT2D eigenvalue weighted by molar-refractivity contribution is 5.29. The molecule has 0 bridgehead atoms. The summed E-state index contributed by atoms with van der Waals surface area (Å²) in [5.74, 6) is 0.720. The Bertz CT molecular complexity index is 314. The third kappa shape index (κ3) is 3.37. The molecular weight excluding hydrogens is 206 g/mol.